The zero-order chi connectivity index (χ0) is 13.3. The molecule has 0 bridgehead atoms. The number of nitrogens with two attached hydrogens (primary N) is 1. The van der Waals surface area contributed by atoms with E-state index in [9.17, 15) is 9.59 Å². The van der Waals surface area contributed by atoms with Crippen molar-refractivity contribution in [1.82, 2.24) is 4.90 Å². The Labute approximate surface area is 111 Å². The van der Waals surface area contributed by atoms with Gasteiger partial charge in [0.1, 0.15) is 0 Å². The molecule has 96 valence electrons. The van der Waals surface area contributed by atoms with Gasteiger partial charge in [0.15, 0.2) is 0 Å². The zero-order valence-electron chi connectivity index (χ0n) is 10.1. The Bertz CT molecular complexity index is 490. The van der Waals surface area contributed by atoms with E-state index in [-0.39, 0.29) is 24.3 Å². The third kappa shape index (κ3) is 2.48. The van der Waals surface area contributed by atoms with Gasteiger partial charge in [0.25, 0.3) is 0 Å². The van der Waals surface area contributed by atoms with Gasteiger partial charge in [-0.15, -0.1) is 0 Å². The number of carbonyl (C=O) groups excluding carboxylic acids is 2. The van der Waals surface area contributed by atoms with E-state index in [0.29, 0.717) is 11.6 Å². The van der Waals surface area contributed by atoms with Crippen LogP contribution in [0.15, 0.2) is 24.3 Å². The first kappa shape index (κ1) is 12.9. The van der Waals surface area contributed by atoms with Gasteiger partial charge >= 0.3 is 0 Å². The van der Waals surface area contributed by atoms with E-state index in [2.05, 4.69) is 0 Å². The molecule has 1 heterocycles. The number of rotatable bonds is 3. The molecule has 18 heavy (non-hydrogen) atoms. The summed E-state index contributed by atoms with van der Waals surface area (Å²) < 4.78 is 0. The van der Waals surface area contributed by atoms with Gasteiger partial charge in [0, 0.05) is 18.0 Å². The molecular weight excluding hydrogens is 252 g/mol. The first-order chi connectivity index (χ1) is 8.49. The van der Waals surface area contributed by atoms with Gasteiger partial charge in [-0.2, -0.15) is 0 Å². The number of benzene rings is 1. The molecule has 2 N–H and O–H groups in total. The average molecular weight is 267 g/mol. The number of carbonyl (C=O) groups is 2. The molecule has 1 fully saturated rings. The van der Waals surface area contributed by atoms with Crippen LogP contribution in [0, 0.1) is 5.92 Å². The second-order valence-corrected chi connectivity index (χ2v) is 5.02. The topological polar surface area (TPSA) is 63.4 Å². The first-order valence-corrected chi connectivity index (χ1v) is 6.21. The molecule has 0 radical (unpaired) electrons. The van der Waals surface area contributed by atoms with Crippen LogP contribution in [0.5, 0.6) is 0 Å². The maximum Gasteiger partial charge on any atom is 0.223 e. The molecule has 5 heteroatoms. The summed E-state index contributed by atoms with van der Waals surface area (Å²) in [6, 6.07) is 7.29. The van der Waals surface area contributed by atoms with Gasteiger partial charge in [-0.05, 0) is 24.6 Å². The Balaban J connectivity index is 2.17. The standard InChI is InChI=1S/C13H15ClN2O2/c1-8(9-3-2-4-11(14)5-9)16-7-10(13(15)18)6-12(16)17/h2-5,8,10H,6-7H2,1H3,(H2,15,18). The summed E-state index contributed by atoms with van der Waals surface area (Å²) in [6.07, 6.45) is 0.209. The predicted octanol–water partition coefficient (Wildman–Crippen LogP) is 1.73. The summed E-state index contributed by atoms with van der Waals surface area (Å²) in [5.74, 6) is -0.824. The molecule has 0 spiro atoms. The number of nitrogens with zero attached hydrogens (tertiary/aromatic N) is 1. The number of primary amides is 1. The molecule has 2 rings (SSSR count). The number of amides is 2. The second kappa shape index (κ2) is 4.98. The molecule has 2 atom stereocenters. The van der Waals surface area contributed by atoms with E-state index in [1.54, 1.807) is 11.0 Å². The van der Waals surface area contributed by atoms with Gasteiger partial charge in [0.2, 0.25) is 11.8 Å². The highest BCUT2D eigenvalue weighted by Gasteiger charge is 2.35. The number of hydrogen-bond donors (Lipinski definition) is 1. The lowest BCUT2D eigenvalue weighted by Crippen LogP contribution is -2.30. The van der Waals surface area contributed by atoms with E-state index in [0.717, 1.165) is 5.56 Å². The van der Waals surface area contributed by atoms with Gasteiger partial charge in [-0.3, -0.25) is 9.59 Å². The predicted molar refractivity (Wildman–Crippen MR) is 68.9 cm³/mol. The number of hydrogen-bond acceptors (Lipinski definition) is 2. The van der Waals surface area contributed by atoms with Crippen molar-refractivity contribution in [2.75, 3.05) is 6.54 Å². The Morgan fingerprint density at radius 1 is 1.56 bits per heavy atom. The van der Waals surface area contributed by atoms with Crippen molar-refractivity contribution < 1.29 is 9.59 Å². The quantitative estimate of drug-likeness (QED) is 0.906. The molecule has 4 nitrogen and oxygen atoms in total. The van der Waals surface area contributed by atoms with Crippen molar-refractivity contribution in [2.45, 2.75) is 19.4 Å². The van der Waals surface area contributed by atoms with E-state index < -0.39 is 5.91 Å². The van der Waals surface area contributed by atoms with E-state index in [1.165, 1.54) is 0 Å². The van der Waals surface area contributed by atoms with Gasteiger partial charge in [-0.1, -0.05) is 23.7 Å². The van der Waals surface area contributed by atoms with Crippen LogP contribution in [0.4, 0.5) is 0 Å². The van der Waals surface area contributed by atoms with Crippen LogP contribution in [-0.2, 0) is 9.59 Å². The molecule has 0 saturated carbocycles. The summed E-state index contributed by atoms with van der Waals surface area (Å²) in [7, 11) is 0. The summed E-state index contributed by atoms with van der Waals surface area (Å²) in [4.78, 5) is 24.7. The highest BCUT2D eigenvalue weighted by molar-refractivity contribution is 6.30. The Kier molecular flexibility index (Phi) is 3.57. The lowest BCUT2D eigenvalue weighted by molar-refractivity contribution is -0.130. The molecule has 0 aliphatic carbocycles. The van der Waals surface area contributed by atoms with Crippen LogP contribution >= 0.6 is 11.6 Å². The fourth-order valence-electron chi connectivity index (χ4n) is 2.24. The van der Waals surface area contributed by atoms with Crippen LogP contribution in [0.25, 0.3) is 0 Å². The Morgan fingerprint density at radius 3 is 2.83 bits per heavy atom. The lowest BCUT2D eigenvalue weighted by atomic mass is 10.1. The molecule has 1 aliphatic rings. The Hall–Kier alpha value is -1.55. The van der Waals surface area contributed by atoms with Crippen molar-refractivity contribution in [3.05, 3.63) is 34.9 Å². The van der Waals surface area contributed by atoms with Crippen molar-refractivity contribution in [3.63, 3.8) is 0 Å². The minimum atomic E-state index is -0.413. The van der Waals surface area contributed by atoms with E-state index >= 15 is 0 Å². The van der Waals surface area contributed by atoms with Crippen molar-refractivity contribution in [3.8, 4) is 0 Å². The van der Waals surface area contributed by atoms with Gasteiger partial charge in [0.05, 0.1) is 12.0 Å². The van der Waals surface area contributed by atoms with Crippen LogP contribution < -0.4 is 5.73 Å². The number of likely N-dealkylation sites (tertiary alicyclic amines) is 1. The molecular formula is C13H15ClN2O2. The van der Waals surface area contributed by atoms with Gasteiger partial charge < -0.3 is 10.6 Å². The van der Waals surface area contributed by atoms with Crippen LogP contribution in [0.1, 0.15) is 24.9 Å². The normalized spacial score (nSPS) is 21.1. The fraction of sp³-hybridized carbons (Fsp3) is 0.385. The summed E-state index contributed by atoms with van der Waals surface area (Å²) in [5.41, 5.74) is 6.21. The monoisotopic (exact) mass is 266 g/mol. The lowest BCUT2D eigenvalue weighted by Gasteiger charge is -2.25. The SMILES string of the molecule is CC(c1cccc(Cl)c1)N1CC(C(N)=O)CC1=O. The third-order valence-corrected chi connectivity index (χ3v) is 3.59. The van der Waals surface area contributed by atoms with Crippen LogP contribution in [0.2, 0.25) is 5.02 Å². The highest BCUT2D eigenvalue weighted by atomic mass is 35.5. The molecule has 1 aliphatic heterocycles. The summed E-state index contributed by atoms with van der Waals surface area (Å²) in [5, 5.41) is 0.637. The highest BCUT2D eigenvalue weighted by Crippen LogP contribution is 2.29. The first-order valence-electron chi connectivity index (χ1n) is 5.83. The number of halogens is 1. The smallest absolute Gasteiger partial charge is 0.223 e. The minimum Gasteiger partial charge on any atom is -0.369 e. The maximum absolute atomic E-state index is 11.9. The summed E-state index contributed by atoms with van der Waals surface area (Å²) in [6.45, 7) is 2.31. The fourth-order valence-corrected chi connectivity index (χ4v) is 2.44. The molecule has 2 unspecified atom stereocenters. The largest absolute Gasteiger partial charge is 0.369 e. The molecule has 1 aromatic carbocycles. The Morgan fingerprint density at radius 2 is 2.28 bits per heavy atom. The maximum atomic E-state index is 11.9. The van der Waals surface area contributed by atoms with Crippen molar-refractivity contribution in [2.24, 2.45) is 11.7 Å². The molecule has 1 saturated heterocycles. The van der Waals surface area contributed by atoms with Gasteiger partial charge in [-0.25, -0.2) is 0 Å². The zero-order valence-corrected chi connectivity index (χ0v) is 10.9. The molecule has 2 amide bonds. The minimum absolute atomic E-state index is 0.0359. The van der Waals surface area contributed by atoms with E-state index in [1.807, 2.05) is 25.1 Å². The van der Waals surface area contributed by atoms with Crippen LogP contribution in [0.3, 0.4) is 0 Å². The average Bonchev–Trinajstić information content (AvgIpc) is 2.70. The molecule has 1 aromatic rings. The third-order valence-electron chi connectivity index (χ3n) is 3.36. The van der Waals surface area contributed by atoms with Crippen molar-refractivity contribution in [1.29, 1.82) is 0 Å². The second-order valence-electron chi connectivity index (χ2n) is 4.58. The van der Waals surface area contributed by atoms with Crippen LogP contribution in [-0.4, -0.2) is 23.3 Å². The molecule has 0 aromatic heterocycles. The summed E-state index contributed by atoms with van der Waals surface area (Å²) >= 11 is 5.93. The van der Waals surface area contributed by atoms with Crippen molar-refractivity contribution >= 4 is 23.4 Å². The van der Waals surface area contributed by atoms with E-state index in [4.69, 9.17) is 17.3 Å².